The molecule has 0 bridgehead atoms. The summed E-state index contributed by atoms with van der Waals surface area (Å²) >= 11 is 0. The first-order chi connectivity index (χ1) is 9.90. The predicted molar refractivity (Wildman–Crippen MR) is 74.7 cm³/mol. The molecule has 0 saturated carbocycles. The van der Waals surface area contributed by atoms with Crippen LogP contribution >= 0.6 is 0 Å². The summed E-state index contributed by atoms with van der Waals surface area (Å²) in [6.07, 6.45) is 3.07. The van der Waals surface area contributed by atoms with Crippen molar-refractivity contribution in [3.8, 4) is 0 Å². The van der Waals surface area contributed by atoms with Crippen LogP contribution in [0, 0.1) is 5.92 Å². The van der Waals surface area contributed by atoms with Crippen molar-refractivity contribution in [3.63, 3.8) is 0 Å². The quantitative estimate of drug-likeness (QED) is 0.663. The Balaban J connectivity index is 2.32. The van der Waals surface area contributed by atoms with E-state index in [0.29, 0.717) is 12.0 Å². The highest BCUT2D eigenvalue weighted by Crippen LogP contribution is 2.05. The fourth-order valence-corrected chi connectivity index (χ4v) is 1.74. The number of furan rings is 1. The number of carboxylic acid groups (broad SMARTS) is 1. The fraction of sp³-hybridized carbons (Fsp3) is 0.500. The van der Waals surface area contributed by atoms with Crippen molar-refractivity contribution in [1.82, 2.24) is 10.6 Å². The van der Waals surface area contributed by atoms with E-state index in [4.69, 9.17) is 9.52 Å². The number of carboxylic acids is 1. The second kappa shape index (κ2) is 8.08. The van der Waals surface area contributed by atoms with Gasteiger partial charge in [-0.05, 0) is 18.4 Å². The van der Waals surface area contributed by atoms with Crippen molar-refractivity contribution >= 4 is 17.8 Å². The number of carbonyl (C=O) groups is 3. The molecule has 0 aliphatic carbocycles. The molecule has 0 aliphatic rings. The summed E-state index contributed by atoms with van der Waals surface area (Å²) in [7, 11) is 0. The SMILES string of the molecule is CC(C)CC(NC(=O)CCNC(=O)c1ccoc1)C(=O)O. The van der Waals surface area contributed by atoms with Crippen LogP contribution in [0.3, 0.4) is 0 Å². The van der Waals surface area contributed by atoms with E-state index in [0.717, 1.165) is 0 Å². The Bertz CT molecular complexity index is 482. The standard InChI is InChI=1S/C14H20N2O5/c1-9(2)7-11(14(19)20)16-12(17)3-5-15-13(18)10-4-6-21-8-10/h4,6,8-9,11H,3,5,7H2,1-2H3,(H,15,18)(H,16,17)(H,19,20). The van der Waals surface area contributed by atoms with E-state index < -0.39 is 17.9 Å². The summed E-state index contributed by atoms with van der Waals surface area (Å²) < 4.78 is 4.77. The molecule has 2 amide bonds. The Hall–Kier alpha value is -2.31. The van der Waals surface area contributed by atoms with Crippen LogP contribution in [0.4, 0.5) is 0 Å². The molecule has 116 valence electrons. The van der Waals surface area contributed by atoms with Gasteiger partial charge in [-0.3, -0.25) is 9.59 Å². The van der Waals surface area contributed by atoms with Gasteiger partial charge in [-0.15, -0.1) is 0 Å². The first-order valence-corrected chi connectivity index (χ1v) is 6.72. The Kier molecular flexibility index (Phi) is 6.45. The molecule has 21 heavy (non-hydrogen) atoms. The van der Waals surface area contributed by atoms with Gasteiger partial charge in [-0.25, -0.2) is 4.79 Å². The zero-order chi connectivity index (χ0) is 15.8. The second-order valence-corrected chi connectivity index (χ2v) is 5.11. The lowest BCUT2D eigenvalue weighted by Gasteiger charge is -2.16. The van der Waals surface area contributed by atoms with Crippen molar-refractivity contribution in [2.24, 2.45) is 5.92 Å². The van der Waals surface area contributed by atoms with Crippen molar-refractivity contribution in [3.05, 3.63) is 24.2 Å². The minimum absolute atomic E-state index is 0.0193. The molecule has 0 spiro atoms. The van der Waals surface area contributed by atoms with E-state index in [1.165, 1.54) is 18.6 Å². The summed E-state index contributed by atoms with van der Waals surface area (Å²) in [6.45, 7) is 3.89. The molecular formula is C14H20N2O5. The molecule has 0 fully saturated rings. The molecule has 1 unspecified atom stereocenters. The maximum absolute atomic E-state index is 11.7. The Morgan fingerprint density at radius 1 is 1.33 bits per heavy atom. The zero-order valence-corrected chi connectivity index (χ0v) is 12.1. The van der Waals surface area contributed by atoms with Crippen molar-refractivity contribution in [1.29, 1.82) is 0 Å². The number of aliphatic carboxylic acids is 1. The smallest absolute Gasteiger partial charge is 0.326 e. The second-order valence-electron chi connectivity index (χ2n) is 5.11. The molecule has 1 atom stereocenters. The molecule has 1 rings (SSSR count). The molecule has 0 saturated heterocycles. The molecule has 0 radical (unpaired) electrons. The third-order valence-electron chi connectivity index (χ3n) is 2.76. The predicted octanol–water partition coefficient (Wildman–Crippen LogP) is 1.01. The summed E-state index contributed by atoms with van der Waals surface area (Å²) in [5.41, 5.74) is 0.374. The molecule has 7 heteroatoms. The minimum Gasteiger partial charge on any atom is -0.480 e. The lowest BCUT2D eigenvalue weighted by Crippen LogP contribution is -2.42. The summed E-state index contributed by atoms with van der Waals surface area (Å²) in [4.78, 5) is 34.2. The lowest BCUT2D eigenvalue weighted by molar-refractivity contribution is -0.142. The van der Waals surface area contributed by atoms with E-state index >= 15 is 0 Å². The fourth-order valence-electron chi connectivity index (χ4n) is 1.74. The van der Waals surface area contributed by atoms with Crippen molar-refractivity contribution in [2.45, 2.75) is 32.7 Å². The number of hydrogen-bond donors (Lipinski definition) is 3. The van der Waals surface area contributed by atoms with Gasteiger partial charge in [-0.1, -0.05) is 13.8 Å². The van der Waals surface area contributed by atoms with Gasteiger partial charge in [0.2, 0.25) is 5.91 Å². The van der Waals surface area contributed by atoms with Crippen LogP contribution < -0.4 is 10.6 Å². The molecule has 0 aromatic carbocycles. The molecule has 1 heterocycles. The van der Waals surface area contributed by atoms with Crippen LogP contribution in [-0.2, 0) is 9.59 Å². The highest BCUT2D eigenvalue weighted by Gasteiger charge is 2.20. The number of carbonyl (C=O) groups excluding carboxylic acids is 2. The van der Waals surface area contributed by atoms with E-state index in [2.05, 4.69) is 10.6 Å². The van der Waals surface area contributed by atoms with Gasteiger partial charge in [0.05, 0.1) is 11.8 Å². The summed E-state index contributed by atoms with van der Waals surface area (Å²) in [6, 6.07) is 0.612. The van der Waals surface area contributed by atoms with Gasteiger partial charge >= 0.3 is 5.97 Å². The van der Waals surface area contributed by atoms with E-state index in [9.17, 15) is 14.4 Å². The number of rotatable bonds is 8. The Morgan fingerprint density at radius 2 is 2.05 bits per heavy atom. The molecule has 1 aromatic heterocycles. The van der Waals surface area contributed by atoms with Gasteiger partial charge in [-0.2, -0.15) is 0 Å². The van der Waals surface area contributed by atoms with E-state index in [1.54, 1.807) is 0 Å². The van der Waals surface area contributed by atoms with Crippen LogP contribution in [0.15, 0.2) is 23.0 Å². The average molecular weight is 296 g/mol. The third kappa shape index (κ3) is 6.11. The van der Waals surface area contributed by atoms with Crippen LogP contribution in [-0.4, -0.2) is 35.5 Å². The largest absolute Gasteiger partial charge is 0.480 e. The first kappa shape index (κ1) is 16.7. The third-order valence-corrected chi connectivity index (χ3v) is 2.76. The van der Waals surface area contributed by atoms with E-state index in [1.807, 2.05) is 13.8 Å². The summed E-state index contributed by atoms with van der Waals surface area (Å²) in [5, 5.41) is 14.0. The molecular weight excluding hydrogens is 276 g/mol. The van der Waals surface area contributed by atoms with Crippen LogP contribution in [0.2, 0.25) is 0 Å². The van der Waals surface area contributed by atoms with Gasteiger partial charge in [0.1, 0.15) is 12.3 Å². The van der Waals surface area contributed by atoms with Gasteiger partial charge in [0.15, 0.2) is 0 Å². The Labute approximate surface area is 122 Å². The normalized spacial score (nSPS) is 12.0. The highest BCUT2D eigenvalue weighted by molar-refractivity contribution is 5.94. The molecule has 7 nitrogen and oxygen atoms in total. The maximum Gasteiger partial charge on any atom is 0.326 e. The van der Waals surface area contributed by atoms with Crippen LogP contribution in [0.1, 0.15) is 37.0 Å². The zero-order valence-electron chi connectivity index (χ0n) is 12.1. The van der Waals surface area contributed by atoms with Crippen LogP contribution in [0.25, 0.3) is 0 Å². The first-order valence-electron chi connectivity index (χ1n) is 6.72. The average Bonchev–Trinajstić information content (AvgIpc) is 2.91. The topological polar surface area (TPSA) is 109 Å². The van der Waals surface area contributed by atoms with Gasteiger partial charge in [0.25, 0.3) is 5.91 Å². The number of amides is 2. The maximum atomic E-state index is 11.7. The Morgan fingerprint density at radius 3 is 2.57 bits per heavy atom. The van der Waals surface area contributed by atoms with Crippen molar-refractivity contribution in [2.75, 3.05) is 6.54 Å². The number of hydrogen-bond acceptors (Lipinski definition) is 4. The highest BCUT2D eigenvalue weighted by atomic mass is 16.4. The molecule has 0 aliphatic heterocycles. The molecule has 3 N–H and O–H groups in total. The monoisotopic (exact) mass is 296 g/mol. The van der Waals surface area contributed by atoms with Gasteiger partial charge < -0.3 is 20.2 Å². The minimum atomic E-state index is -1.06. The lowest BCUT2D eigenvalue weighted by atomic mass is 10.0. The van der Waals surface area contributed by atoms with Crippen LogP contribution in [0.5, 0.6) is 0 Å². The van der Waals surface area contributed by atoms with Gasteiger partial charge in [0, 0.05) is 13.0 Å². The van der Waals surface area contributed by atoms with Crippen molar-refractivity contribution < 1.29 is 23.9 Å². The number of nitrogens with one attached hydrogen (secondary N) is 2. The van der Waals surface area contributed by atoms with E-state index in [-0.39, 0.29) is 24.8 Å². The molecule has 1 aromatic rings. The summed E-state index contributed by atoms with van der Waals surface area (Å²) in [5.74, 6) is -1.64.